The molecule has 6 nitrogen and oxygen atoms in total. The summed E-state index contributed by atoms with van der Waals surface area (Å²) in [5.74, 6) is 0.607. The predicted molar refractivity (Wildman–Crippen MR) is 102 cm³/mol. The second-order valence-electron chi connectivity index (χ2n) is 6.23. The molecule has 0 spiro atoms. The van der Waals surface area contributed by atoms with Crippen LogP contribution in [0.15, 0.2) is 36.4 Å². The number of nitrogens with one attached hydrogen (secondary N) is 1. The van der Waals surface area contributed by atoms with Gasteiger partial charge in [0.2, 0.25) is 5.91 Å². The highest BCUT2D eigenvalue weighted by molar-refractivity contribution is 6.14. The van der Waals surface area contributed by atoms with Gasteiger partial charge in [0.05, 0.1) is 24.3 Å². The second-order valence-corrected chi connectivity index (χ2v) is 6.23. The highest BCUT2D eigenvalue weighted by atomic mass is 16.6. The summed E-state index contributed by atoms with van der Waals surface area (Å²) in [5.41, 5.74) is 2.39. The maximum absolute atomic E-state index is 13.0. The van der Waals surface area contributed by atoms with Crippen LogP contribution >= 0.6 is 0 Å². The molecular weight excluding hydrogens is 346 g/mol. The van der Waals surface area contributed by atoms with Crippen molar-refractivity contribution in [2.45, 2.75) is 20.3 Å². The summed E-state index contributed by atoms with van der Waals surface area (Å²) in [6, 6.07) is 10.6. The van der Waals surface area contributed by atoms with E-state index in [-0.39, 0.29) is 18.1 Å². The zero-order valence-corrected chi connectivity index (χ0v) is 15.5. The van der Waals surface area contributed by atoms with Gasteiger partial charge >= 0.3 is 0 Å². The SMILES string of the molecule is CCOCCC(=O)Nc1cc2c(cc1C(=O)c1ccc(C)cc1)OCCO2. The molecule has 0 atom stereocenters. The lowest BCUT2D eigenvalue weighted by atomic mass is 9.99. The van der Waals surface area contributed by atoms with E-state index in [1.807, 2.05) is 26.0 Å². The molecule has 1 amide bonds. The van der Waals surface area contributed by atoms with Gasteiger partial charge in [-0.1, -0.05) is 29.8 Å². The fourth-order valence-corrected chi connectivity index (χ4v) is 2.76. The number of fused-ring (bicyclic) bond motifs is 1. The molecule has 2 aromatic carbocycles. The van der Waals surface area contributed by atoms with Gasteiger partial charge in [-0.2, -0.15) is 0 Å². The first kappa shape index (κ1) is 18.9. The summed E-state index contributed by atoms with van der Waals surface area (Å²) in [7, 11) is 0. The lowest BCUT2D eigenvalue weighted by molar-refractivity contribution is -0.117. The molecule has 6 heteroatoms. The van der Waals surface area contributed by atoms with E-state index in [2.05, 4.69) is 5.32 Å². The van der Waals surface area contributed by atoms with E-state index in [0.717, 1.165) is 5.56 Å². The summed E-state index contributed by atoms with van der Waals surface area (Å²) in [6.07, 6.45) is 0.209. The Kier molecular flexibility index (Phi) is 6.08. The number of hydrogen-bond acceptors (Lipinski definition) is 5. The molecule has 0 bridgehead atoms. The molecule has 1 aliphatic heterocycles. The molecule has 27 heavy (non-hydrogen) atoms. The second kappa shape index (κ2) is 8.68. The first-order chi connectivity index (χ1) is 13.1. The normalized spacial score (nSPS) is 12.5. The van der Waals surface area contributed by atoms with Crippen molar-refractivity contribution in [2.24, 2.45) is 0 Å². The molecule has 0 unspecified atom stereocenters. The molecule has 2 aromatic rings. The molecule has 1 N–H and O–H groups in total. The average molecular weight is 369 g/mol. The van der Waals surface area contributed by atoms with E-state index < -0.39 is 0 Å². The zero-order chi connectivity index (χ0) is 19.2. The number of anilines is 1. The van der Waals surface area contributed by atoms with Crippen molar-refractivity contribution in [1.29, 1.82) is 0 Å². The molecule has 142 valence electrons. The molecule has 0 aliphatic carbocycles. The summed E-state index contributed by atoms with van der Waals surface area (Å²) in [4.78, 5) is 25.3. The molecular formula is C21H23NO5. The number of amides is 1. The summed E-state index contributed by atoms with van der Waals surface area (Å²) in [6.45, 7) is 5.56. The molecule has 0 aromatic heterocycles. The predicted octanol–water partition coefficient (Wildman–Crippen LogP) is 3.36. The van der Waals surface area contributed by atoms with Gasteiger partial charge < -0.3 is 19.5 Å². The number of ether oxygens (including phenoxy) is 3. The lowest BCUT2D eigenvalue weighted by Gasteiger charge is -2.21. The Balaban J connectivity index is 1.91. The Morgan fingerprint density at radius 3 is 2.41 bits per heavy atom. The van der Waals surface area contributed by atoms with Crippen LogP contribution in [0.5, 0.6) is 11.5 Å². The van der Waals surface area contributed by atoms with Gasteiger partial charge in [0, 0.05) is 18.2 Å². The Labute approximate surface area is 158 Å². The minimum Gasteiger partial charge on any atom is -0.486 e. The monoisotopic (exact) mass is 369 g/mol. The van der Waals surface area contributed by atoms with Crippen LogP contribution in [0.25, 0.3) is 0 Å². The number of rotatable bonds is 7. The van der Waals surface area contributed by atoms with Gasteiger partial charge in [-0.05, 0) is 19.9 Å². The van der Waals surface area contributed by atoms with Gasteiger partial charge in [0.15, 0.2) is 17.3 Å². The molecule has 0 saturated carbocycles. The number of benzene rings is 2. The van der Waals surface area contributed by atoms with Crippen LogP contribution in [0.2, 0.25) is 0 Å². The topological polar surface area (TPSA) is 73.9 Å². The van der Waals surface area contributed by atoms with E-state index in [9.17, 15) is 9.59 Å². The highest BCUT2D eigenvalue weighted by Gasteiger charge is 2.22. The van der Waals surface area contributed by atoms with Crippen molar-refractivity contribution >= 4 is 17.4 Å². The van der Waals surface area contributed by atoms with Crippen molar-refractivity contribution in [3.05, 3.63) is 53.1 Å². The van der Waals surface area contributed by atoms with Gasteiger partial charge in [-0.3, -0.25) is 9.59 Å². The average Bonchev–Trinajstić information content (AvgIpc) is 2.68. The third-order valence-electron chi connectivity index (χ3n) is 4.19. The minimum atomic E-state index is -0.224. The Bertz CT molecular complexity index is 829. The minimum absolute atomic E-state index is 0.188. The van der Waals surface area contributed by atoms with Crippen molar-refractivity contribution in [2.75, 3.05) is 31.7 Å². The number of aryl methyl sites for hydroxylation is 1. The zero-order valence-electron chi connectivity index (χ0n) is 15.5. The quantitative estimate of drug-likeness (QED) is 0.598. The Hall–Kier alpha value is -2.86. The van der Waals surface area contributed by atoms with E-state index >= 15 is 0 Å². The fraction of sp³-hybridized carbons (Fsp3) is 0.333. The third kappa shape index (κ3) is 4.65. The van der Waals surface area contributed by atoms with Crippen molar-refractivity contribution in [1.82, 2.24) is 0 Å². The molecule has 3 rings (SSSR count). The Morgan fingerprint density at radius 1 is 1.07 bits per heavy atom. The fourth-order valence-electron chi connectivity index (χ4n) is 2.76. The van der Waals surface area contributed by atoms with E-state index in [0.29, 0.717) is 54.7 Å². The van der Waals surface area contributed by atoms with Crippen LogP contribution in [0, 0.1) is 6.92 Å². The van der Waals surface area contributed by atoms with Crippen LogP contribution in [-0.2, 0) is 9.53 Å². The first-order valence-electron chi connectivity index (χ1n) is 9.01. The number of carbonyl (C=O) groups excluding carboxylic acids is 2. The van der Waals surface area contributed by atoms with Crippen LogP contribution in [0.3, 0.4) is 0 Å². The largest absolute Gasteiger partial charge is 0.486 e. The van der Waals surface area contributed by atoms with Gasteiger partial charge in [0.25, 0.3) is 0 Å². The van der Waals surface area contributed by atoms with E-state index in [1.54, 1.807) is 24.3 Å². The van der Waals surface area contributed by atoms with Crippen LogP contribution in [0.1, 0.15) is 34.8 Å². The summed E-state index contributed by atoms with van der Waals surface area (Å²) < 4.78 is 16.4. The van der Waals surface area contributed by atoms with Crippen molar-refractivity contribution < 1.29 is 23.8 Å². The van der Waals surface area contributed by atoms with E-state index in [4.69, 9.17) is 14.2 Å². The maximum atomic E-state index is 13.0. The molecule has 1 aliphatic rings. The Morgan fingerprint density at radius 2 is 1.74 bits per heavy atom. The molecule has 0 fully saturated rings. The summed E-state index contributed by atoms with van der Waals surface area (Å²) >= 11 is 0. The van der Waals surface area contributed by atoms with E-state index in [1.165, 1.54) is 0 Å². The number of hydrogen-bond donors (Lipinski definition) is 1. The third-order valence-corrected chi connectivity index (χ3v) is 4.19. The maximum Gasteiger partial charge on any atom is 0.226 e. The van der Waals surface area contributed by atoms with Crippen LogP contribution in [0.4, 0.5) is 5.69 Å². The van der Waals surface area contributed by atoms with Crippen LogP contribution in [-0.4, -0.2) is 38.1 Å². The van der Waals surface area contributed by atoms with Gasteiger partial charge in [0.1, 0.15) is 13.2 Å². The standard InChI is InChI=1S/C21H23NO5/c1-3-25-9-8-20(23)22-17-13-19-18(26-10-11-27-19)12-16(17)21(24)15-6-4-14(2)5-7-15/h4-7,12-13H,3,8-11H2,1-2H3,(H,22,23). The van der Waals surface area contributed by atoms with Crippen molar-refractivity contribution in [3.8, 4) is 11.5 Å². The molecule has 0 saturated heterocycles. The van der Waals surface area contributed by atoms with Crippen LogP contribution < -0.4 is 14.8 Å². The van der Waals surface area contributed by atoms with Gasteiger partial charge in [-0.15, -0.1) is 0 Å². The smallest absolute Gasteiger partial charge is 0.226 e. The lowest BCUT2D eigenvalue weighted by Crippen LogP contribution is -2.19. The molecule has 1 heterocycles. The number of ketones is 1. The molecule has 0 radical (unpaired) electrons. The van der Waals surface area contributed by atoms with Crippen molar-refractivity contribution in [3.63, 3.8) is 0 Å². The van der Waals surface area contributed by atoms with Gasteiger partial charge in [-0.25, -0.2) is 0 Å². The first-order valence-corrected chi connectivity index (χ1v) is 9.01. The number of carbonyl (C=O) groups is 2. The highest BCUT2D eigenvalue weighted by Crippen LogP contribution is 2.36. The summed E-state index contributed by atoms with van der Waals surface area (Å²) in [5, 5.41) is 2.81.